The molecule has 1 aliphatic heterocycles. The Balaban J connectivity index is 1.57. The van der Waals surface area contributed by atoms with Gasteiger partial charge < -0.3 is 9.40 Å². The van der Waals surface area contributed by atoms with Gasteiger partial charge in [0.25, 0.3) is 0 Å². The molecule has 1 aliphatic rings. The van der Waals surface area contributed by atoms with E-state index in [4.69, 9.17) is 4.42 Å². The molecule has 126 valence electrons. The number of hydrogen-bond donors (Lipinski definition) is 1. The Hall–Kier alpha value is -2.84. The van der Waals surface area contributed by atoms with Crippen LogP contribution in [0.4, 0.5) is 0 Å². The number of nitrogens with one attached hydrogen (secondary N) is 1. The van der Waals surface area contributed by atoms with E-state index in [0.717, 1.165) is 48.7 Å². The van der Waals surface area contributed by atoms with E-state index < -0.39 is 0 Å². The Bertz CT molecular complexity index is 918. The standard InChI is InChI=1S/C20H20N4O/c1-2-18-20-17(22-13-23-20)9-10-24(18)12-15-7-8-19(25-15)16-6-4-3-5-14(16)11-21/h3-8,13,18H,2,9-10,12H2,1H3,(H,22,23). The van der Waals surface area contributed by atoms with Crippen LogP contribution in [0, 0.1) is 11.3 Å². The lowest BCUT2D eigenvalue weighted by Crippen LogP contribution is -2.34. The van der Waals surface area contributed by atoms with Crippen LogP contribution in [0.25, 0.3) is 11.3 Å². The molecule has 3 aromatic rings. The molecule has 0 fully saturated rings. The summed E-state index contributed by atoms with van der Waals surface area (Å²) in [5, 5.41) is 9.28. The van der Waals surface area contributed by atoms with Crippen molar-refractivity contribution >= 4 is 0 Å². The Labute approximate surface area is 146 Å². The fourth-order valence-corrected chi connectivity index (χ4v) is 3.65. The number of nitrogens with zero attached hydrogens (tertiary/aromatic N) is 3. The van der Waals surface area contributed by atoms with Gasteiger partial charge in [0.2, 0.25) is 0 Å². The zero-order chi connectivity index (χ0) is 17.2. The summed E-state index contributed by atoms with van der Waals surface area (Å²) in [6.45, 7) is 3.93. The number of nitriles is 1. The highest BCUT2D eigenvalue weighted by Gasteiger charge is 2.28. The number of hydrogen-bond acceptors (Lipinski definition) is 4. The van der Waals surface area contributed by atoms with Crippen LogP contribution in [0.15, 0.2) is 47.1 Å². The van der Waals surface area contributed by atoms with Crippen LogP contribution in [-0.2, 0) is 13.0 Å². The Morgan fingerprint density at radius 2 is 2.20 bits per heavy atom. The van der Waals surface area contributed by atoms with Crippen LogP contribution >= 0.6 is 0 Å². The molecule has 5 heteroatoms. The maximum Gasteiger partial charge on any atom is 0.135 e. The average Bonchev–Trinajstić information content (AvgIpc) is 3.31. The third-order valence-corrected chi connectivity index (χ3v) is 4.88. The van der Waals surface area contributed by atoms with E-state index in [0.29, 0.717) is 11.6 Å². The van der Waals surface area contributed by atoms with E-state index >= 15 is 0 Å². The first kappa shape index (κ1) is 15.7. The summed E-state index contributed by atoms with van der Waals surface area (Å²) in [6, 6.07) is 14.0. The predicted octanol–water partition coefficient (Wildman–Crippen LogP) is 4.05. The van der Waals surface area contributed by atoms with Gasteiger partial charge in [0, 0.05) is 24.2 Å². The molecule has 4 rings (SSSR count). The van der Waals surface area contributed by atoms with Crippen molar-refractivity contribution in [1.29, 1.82) is 5.26 Å². The van der Waals surface area contributed by atoms with E-state index in [1.165, 1.54) is 5.69 Å². The van der Waals surface area contributed by atoms with Gasteiger partial charge in [-0.3, -0.25) is 4.90 Å². The van der Waals surface area contributed by atoms with Gasteiger partial charge in [0.1, 0.15) is 11.5 Å². The van der Waals surface area contributed by atoms with Gasteiger partial charge in [-0.15, -0.1) is 0 Å². The summed E-state index contributed by atoms with van der Waals surface area (Å²) in [5.74, 6) is 1.66. The molecule has 1 aromatic carbocycles. The molecular weight excluding hydrogens is 312 g/mol. The zero-order valence-electron chi connectivity index (χ0n) is 14.2. The highest BCUT2D eigenvalue weighted by molar-refractivity contribution is 5.66. The molecule has 5 nitrogen and oxygen atoms in total. The normalized spacial score (nSPS) is 17.2. The Morgan fingerprint density at radius 3 is 3.04 bits per heavy atom. The van der Waals surface area contributed by atoms with Crippen molar-refractivity contribution in [2.24, 2.45) is 0 Å². The smallest absolute Gasteiger partial charge is 0.135 e. The number of aromatic nitrogens is 2. The quantitative estimate of drug-likeness (QED) is 0.782. The van der Waals surface area contributed by atoms with Gasteiger partial charge in [-0.05, 0) is 30.7 Å². The van der Waals surface area contributed by atoms with Crippen LogP contribution in [0.2, 0.25) is 0 Å². The van der Waals surface area contributed by atoms with E-state index in [2.05, 4.69) is 27.9 Å². The summed E-state index contributed by atoms with van der Waals surface area (Å²) < 4.78 is 6.06. The summed E-state index contributed by atoms with van der Waals surface area (Å²) in [4.78, 5) is 10.2. The second-order valence-electron chi connectivity index (χ2n) is 6.33. The molecule has 0 radical (unpaired) electrons. The van der Waals surface area contributed by atoms with Crippen molar-refractivity contribution in [2.75, 3.05) is 6.54 Å². The van der Waals surface area contributed by atoms with Crippen LogP contribution in [0.5, 0.6) is 0 Å². The van der Waals surface area contributed by atoms with Crippen LogP contribution in [0.1, 0.15) is 42.1 Å². The number of benzene rings is 1. The fourth-order valence-electron chi connectivity index (χ4n) is 3.65. The molecule has 0 saturated heterocycles. The number of H-pyrrole nitrogens is 1. The van der Waals surface area contributed by atoms with Crippen molar-refractivity contribution in [3.05, 3.63) is 65.4 Å². The lowest BCUT2D eigenvalue weighted by molar-refractivity contribution is 0.155. The minimum atomic E-state index is 0.315. The monoisotopic (exact) mass is 332 g/mol. The molecule has 1 unspecified atom stereocenters. The van der Waals surface area contributed by atoms with Gasteiger partial charge in [0.05, 0.1) is 36.2 Å². The molecule has 25 heavy (non-hydrogen) atoms. The molecule has 3 heterocycles. The second kappa shape index (κ2) is 6.58. The summed E-state index contributed by atoms with van der Waals surface area (Å²) in [7, 11) is 0. The molecule has 2 aromatic heterocycles. The third kappa shape index (κ3) is 2.86. The Kier molecular flexibility index (Phi) is 4.12. The summed E-state index contributed by atoms with van der Waals surface area (Å²) in [5.41, 5.74) is 3.90. The van der Waals surface area contributed by atoms with Crippen molar-refractivity contribution < 1.29 is 4.42 Å². The maximum absolute atomic E-state index is 9.28. The number of furan rings is 1. The van der Waals surface area contributed by atoms with Crippen LogP contribution in [0.3, 0.4) is 0 Å². The molecule has 1 atom stereocenters. The number of fused-ring (bicyclic) bond motifs is 1. The van der Waals surface area contributed by atoms with Crippen molar-refractivity contribution in [3.63, 3.8) is 0 Å². The number of imidazole rings is 1. The van der Waals surface area contributed by atoms with Crippen molar-refractivity contribution in [1.82, 2.24) is 14.9 Å². The van der Waals surface area contributed by atoms with Crippen LogP contribution in [-0.4, -0.2) is 21.4 Å². The minimum Gasteiger partial charge on any atom is -0.460 e. The fraction of sp³-hybridized carbons (Fsp3) is 0.300. The third-order valence-electron chi connectivity index (χ3n) is 4.88. The first-order chi connectivity index (χ1) is 12.3. The highest BCUT2D eigenvalue weighted by Crippen LogP contribution is 2.32. The topological polar surface area (TPSA) is 68.8 Å². The SMILES string of the molecule is CCC1c2nc[nH]c2CCN1Cc1ccc(-c2ccccc2C#N)o1. The van der Waals surface area contributed by atoms with Gasteiger partial charge in [-0.1, -0.05) is 19.1 Å². The number of aromatic amines is 1. The molecule has 1 N–H and O–H groups in total. The highest BCUT2D eigenvalue weighted by atomic mass is 16.3. The molecule has 0 amide bonds. The minimum absolute atomic E-state index is 0.315. The van der Waals surface area contributed by atoms with Crippen LogP contribution < -0.4 is 0 Å². The van der Waals surface area contributed by atoms with Crippen molar-refractivity contribution in [2.45, 2.75) is 32.4 Å². The van der Waals surface area contributed by atoms with E-state index in [1.54, 1.807) is 6.33 Å². The molecule has 0 saturated carbocycles. The molecule has 0 spiro atoms. The maximum atomic E-state index is 9.28. The lowest BCUT2D eigenvalue weighted by atomic mass is 10.0. The van der Waals surface area contributed by atoms with E-state index in [1.807, 2.05) is 36.4 Å². The molecule has 0 bridgehead atoms. The van der Waals surface area contributed by atoms with E-state index in [-0.39, 0.29) is 0 Å². The molecule has 0 aliphatic carbocycles. The predicted molar refractivity (Wildman–Crippen MR) is 94.6 cm³/mol. The zero-order valence-corrected chi connectivity index (χ0v) is 14.2. The lowest BCUT2D eigenvalue weighted by Gasteiger charge is -2.33. The number of rotatable bonds is 4. The van der Waals surface area contributed by atoms with Gasteiger partial charge in [0.15, 0.2) is 0 Å². The van der Waals surface area contributed by atoms with Crippen molar-refractivity contribution in [3.8, 4) is 17.4 Å². The second-order valence-corrected chi connectivity index (χ2v) is 6.33. The van der Waals surface area contributed by atoms with Gasteiger partial charge in [-0.2, -0.15) is 5.26 Å². The summed E-state index contributed by atoms with van der Waals surface area (Å²) >= 11 is 0. The van der Waals surface area contributed by atoms with E-state index in [9.17, 15) is 5.26 Å². The van der Waals surface area contributed by atoms with Gasteiger partial charge >= 0.3 is 0 Å². The first-order valence-electron chi connectivity index (χ1n) is 8.64. The largest absolute Gasteiger partial charge is 0.460 e. The van der Waals surface area contributed by atoms with Gasteiger partial charge in [-0.25, -0.2) is 4.98 Å². The molecular formula is C20H20N4O. The average molecular weight is 332 g/mol. The first-order valence-corrected chi connectivity index (χ1v) is 8.64. The summed E-state index contributed by atoms with van der Waals surface area (Å²) in [6.07, 6.45) is 3.79. The Morgan fingerprint density at radius 1 is 1.32 bits per heavy atom.